The summed E-state index contributed by atoms with van der Waals surface area (Å²) in [6.07, 6.45) is 1.90. The summed E-state index contributed by atoms with van der Waals surface area (Å²) in [5.74, 6) is -0.314. The van der Waals surface area contributed by atoms with Gasteiger partial charge in [0.15, 0.2) is 0 Å². The smallest absolute Gasteiger partial charge is 0.418 e. The molecule has 0 saturated heterocycles. The van der Waals surface area contributed by atoms with Gasteiger partial charge in [-0.15, -0.1) is 0 Å². The fraction of sp³-hybridized carbons (Fsp3) is 0.227. The summed E-state index contributed by atoms with van der Waals surface area (Å²) in [5, 5.41) is 8.60. The number of hydrogen-bond acceptors (Lipinski definition) is 6. The third-order valence-electron chi connectivity index (χ3n) is 5.94. The molecule has 35 heavy (non-hydrogen) atoms. The number of pyridine rings is 1. The number of aromatic amines is 1. The van der Waals surface area contributed by atoms with Crippen LogP contribution in [0.5, 0.6) is 0 Å². The number of aryl methyl sites for hydroxylation is 1. The zero-order chi connectivity index (χ0) is 24.3. The molecule has 1 aliphatic rings. The van der Waals surface area contributed by atoms with Gasteiger partial charge in [0, 0.05) is 38.1 Å². The number of oxazole rings is 1. The van der Waals surface area contributed by atoms with Gasteiger partial charge in [-0.2, -0.15) is 23.4 Å². The molecule has 5 aromatic rings. The lowest BCUT2D eigenvalue weighted by atomic mass is 9.99. The average Bonchev–Trinajstić information content (AvgIpc) is 3.62. The second-order valence-corrected chi connectivity index (χ2v) is 8.14. The van der Waals surface area contributed by atoms with Gasteiger partial charge in [-0.1, -0.05) is 0 Å². The molecule has 0 saturated carbocycles. The lowest BCUT2D eigenvalue weighted by Gasteiger charge is -2.33. The Morgan fingerprint density at radius 3 is 2.83 bits per heavy atom. The zero-order valence-electron chi connectivity index (χ0n) is 18.2. The summed E-state index contributed by atoms with van der Waals surface area (Å²) < 4.78 is 49.2. The molecule has 178 valence electrons. The van der Waals surface area contributed by atoms with Crippen LogP contribution in [-0.2, 0) is 19.6 Å². The monoisotopic (exact) mass is 482 g/mol. The maximum Gasteiger partial charge on any atom is 0.418 e. The SMILES string of the molecule is Cn1ccc(-c2ncc(C(=O)N3CCc4[nH]cnc4[C@@H]3c3cc4c(C(F)(F)F)cccn4n3)o2)n1. The van der Waals surface area contributed by atoms with E-state index in [1.807, 2.05) is 0 Å². The second kappa shape index (κ2) is 7.55. The van der Waals surface area contributed by atoms with Gasteiger partial charge >= 0.3 is 6.18 Å². The molecule has 0 bridgehead atoms. The number of carbonyl (C=O) groups is 1. The predicted molar refractivity (Wildman–Crippen MR) is 114 cm³/mol. The fourth-order valence-corrected chi connectivity index (χ4v) is 4.36. The summed E-state index contributed by atoms with van der Waals surface area (Å²) in [4.78, 5) is 26.6. The van der Waals surface area contributed by atoms with E-state index in [-0.39, 0.29) is 29.4 Å². The highest BCUT2D eigenvalue weighted by atomic mass is 19.4. The zero-order valence-corrected chi connectivity index (χ0v) is 18.2. The number of alkyl halides is 3. The molecule has 5 aromatic heterocycles. The largest absolute Gasteiger partial charge is 0.429 e. The standard InChI is InChI=1S/C22H17F3N8O2/c1-31-7-4-14(29-31)20-26-10-17(35-20)21(34)32-8-5-13-18(28-11-27-13)19(32)15-9-16-12(22(23,24)25)3-2-6-33(16)30-15/h2-4,6-7,9-11,19H,5,8H2,1H3,(H,27,28)/t19-/m0/s1. The Morgan fingerprint density at radius 2 is 2.06 bits per heavy atom. The van der Waals surface area contributed by atoms with Gasteiger partial charge in [0.1, 0.15) is 11.7 Å². The van der Waals surface area contributed by atoms with E-state index in [4.69, 9.17) is 4.42 Å². The van der Waals surface area contributed by atoms with Crippen molar-refractivity contribution in [2.24, 2.45) is 7.05 Å². The number of nitrogens with zero attached hydrogens (tertiary/aromatic N) is 7. The summed E-state index contributed by atoms with van der Waals surface area (Å²) in [6, 6.07) is 4.51. The van der Waals surface area contributed by atoms with Crippen LogP contribution in [0.25, 0.3) is 17.1 Å². The van der Waals surface area contributed by atoms with Crippen LogP contribution < -0.4 is 0 Å². The Labute approximate surface area is 195 Å². The summed E-state index contributed by atoms with van der Waals surface area (Å²) >= 11 is 0. The van der Waals surface area contributed by atoms with Crippen LogP contribution in [0, 0.1) is 0 Å². The molecule has 0 radical (unpaired) electrons. The highest BCUT2D eigenvalue weighted by molar-refractivity contribution is 5.92. The van der Waals surface area contributed by atoms with E-state index in [1.54, 1.807) is 24.0 Å². The Bertz CT molecular complexity index is 1560. The number of fused-ring (bicyclic) bond motifs is 2. The van der Waals surface area contributed by atoms with Crippen LogP contribution in [0.1, 0.15) is 39.2 Å². The number of halogens is 3. The molecule has 0 fully saturated rings. The molecule has 6 rings (SSSR count). The molecule has 0 unspecified atom stereocenters. The average molecular weight is 482 g/mol. The Hall–Kier alpha value is -4.42. The van der Waals surface area contributed by atoms with Crippen molar-refractivity contribution < 1.29 is 22.4 Å². The van der Waals surface area contributed by atoms with Crippen molar-refractivity contribution >= 4 is 11.4 Å². The third kappa shape index (κ3) is 3.47. The highest BCUT2D eigenvalue weighted by Crippen LogP contribution is 2.37. The summed E-state index contributed by atoms with van der Waals surface area (Å²) in [6.45, 7) is 0.276. The number of amides is 1. The van der Waals surface area contributed by atoms with E-state index in [1.165, 1.54) is 35.8 Å². The lowest BCUT2D eigenvalue weighted by Crippen LogP contribution is -2.40. The van der Waals surface area contributed by atoms with Crippen molar-refractivity contribution in [1.82, 2.24) is 39.2 Å². The minimum absolute atomic E-state index is 0.0191. The molecular weight excluding hydrogens is 465 g/mol. The molecular formula is C22H17F3N8O2. The van der Waals surface area contributed by atoms with Gasteiger partial charge in [-0.3, -0.25) is 9.48 Å². The first-order valence-electron chi connectivity index (χ1n) is 10.6. The first-order chi connectivity index (χ1) is 16.8. The van der Waals surface area contributed by atoms with Crippen molar-refractivity contribution in [3.8, 4) is 11.6 Å². The molecule has 1 atom stereocenters. The maximum atomic E-state index is 13.6. The Kier molecular flexibility index (Phi) is 4.56. The number of carbonyl (C=O) groups excluding carboxylic acids is 1. The Balaban J connectivity index is 1.42. The second-order valence-electron chi connectivity index (χ2n) is 8.14. The molecule has 0 aliphatic carbocycles. The molecule has 13 heteroatoms. The highest BCUT2D eigenvalue weighted by Gasteiger charge is 2.39. The van der Waals surface area contributed by atoms with E-state index in [0.717, 1.165) is 16.3 Å². The first kappa shape index (κ1) is 21.1. The normalized spacial score (nSPS) is 16.1. The number of imidazole rings is 1. The number of aromatic nitrogens is 7. The number of H-pyrrole nitrogens is 1. The molecule has 1 amide bonds. The molecule has 1 aliphatic heterocycles. The van der Waals surface area contributed by atoms with E-state index < -0.39 is 23.7 Å². The van der Waals surface area contributed by atoms with Crippen LogP contribution in [-0.4, -0.2) is 51.7 Å². The van der Waals surface area contributed by atoms with Crippen LogP contribution in [0.3, 0.4) is 0 Å². The van der Waals surface area contributed by atoms with Crippen molar-refractivity contribution in [3.05, 3.63) is 77.6 Å². The molecule has 10 nitrogen and oxygen atoms in total. The van der Waals surface area contributed by atoms with E-state index in [9.17, 15) is 18.0 Å². The topological polar surface area (TPSA) is 110 Å². The predicted octanol–water partition coefficient (Wildman–Crippen LogP) is 3.25. The van der Waals surface area contributed by atoms with Crippen molar-refractivity contribution in [1.29, 1.82) is 0 Å². The van der Waals surface area contributed by atoms with Gasteiger partial charge < -0.3 is 14.3 Å². The third-order valence-corrected chi connectivity index (χ3v) is 5.94. The van der Waals surface area contributed by atoms with Gasteiger partial charge in [0.2, 0.25) is 11.7 Å². The Morgan fingerprint density at radius 1 is 1.20 bits per heavy atom. The molecule has 6 heterocycles. The van der Waals surface area contributed by atoms with Crippen LogP contribution in [0.2, 0.25) is 0 Å². The quantitative estimate of drug-likeness (QED) is 0.423. The molecule has 0 spiro atoms. The van der Waals surface area contributed by atoms with Crippen LogP contribution in [0.15, 0.2) is 53.6 Å². The summed E-state index contributed by atoms with van der Waals surface area (Å²) in [7, 11) is 1.75. The van der Waals surface area contributed by atoms with Crippen molar-refractivity contribution in [3.63, 3.8) is 0 Å². The van der Waals surface area contributed by atoms with Crippen LogP contribution >= 0.6 is 0 Å². The van der Waals surface area contributed by atoms with E-state index >= 15 is 0 Å². The van der Waals surface area contributed by atoms with Crippen molar-refractivity contribution in [2.75, 3.05) is 6.54 Å². The number of nitrogens with one attached hydrogen (secondary N) is 1. The fourth-order valence-electron chi connectivity index (χ4n) is 4.36. The van der Waals surface area contributed by atoms with Gasteiger partial charge in [0.25, 0.3) is 5.91 Å². The van der Waals surface area contributed by atoms with E-state index in [0.29, 0.717) is 17.8 Å². The van der Waals surface area contributed by atoms with Gasteiger partial charge in [-0.25, -0.2) is 14.5 Å². The maximum absolute atomic E-state index is 13.6. The molecule has 1 N–H and O–H groups in total. The van der Waals surface area contributed by atoms with Gasteiger partial charge in [0.05, 0.1) is 35.0 Å². The number of rotatable bonds is 3. The van der Waals surface area contributed by atoms with Crippen LogP contribution in [0.4, 0.5) is 13.2 Å². The molecule has 0 aromatic carbocycles. The first-order valence-corrected chi connectivity index (χ1v) is 10.6. The number of hydrogen-bond donors (Lipinski definition) is 1. The minimum atomic E-state index is -4.55. The van der Waals surface area contributed by atoms with Crippen molar-refractivity contribution in [2.45, 2.75) is 18.6 Å². The van der Waals surface area contributed by atoms with E-state index in [2.05, 4.69) is 25.1 Å². The lowest BCUT2D eigenvalue weighted by molar-refractivity contribution is -0.136. The van der Waals surface area contributed by atoms with Gasteiger partial charge in [-0.05, 0) is 24.3 Å². The summed E-state index contributed by atoms with van der Waals surface area (Å²) in [5.41, 5.74) is 1.11. The minimum Gasteiger partial charge on any atom is -0.429 e.